The molecule has 6 nitrogen and oxygen atoms in total. The largest absolute Gasteiger partial charge is 0.360 e. The second kappa shape index (κ2) is 7.26. The number of nitrogens with zero attached hydrogens (tertiary/aromatic N) is 2. The summed E-state index contributed by atoms with van der Waals surface area (Å²) in [7, 11) is 1.84. The number of amides is 1. The number of halogens is 1. The number of likely N-dealkylation sites (N-methyl/N-ethyl adjacent to an activating group) is 1. The quantitative estimate of drug-likeness (QED) is 0.813. The van der Waals surface area contributed by atoms with Crippen molar-refractivity contribution < 1.29 is 9.32 Å². The fraction of sp³-hybridized carbons (Fsp3) is 0.600. The maximum atomic E-state index is 11.5. The van der Waals surface area contributed by atoms with Crippen LogP contribution in [0.5, 0.6) is 0 Å². The summed E-state index contributed by atoms with van der Waals surface area (Å²) in [5.41, 5.74) is 5.62. The first-order chi connectivity index (χ1) is 7.47. The second-order valence-corrected chi connectivity index (χ2v) is 4.05. The van der Waals surface area contributed by atoms with Crippen LogP contribution in [0.25, 0.3) is 0 Å². The minimum absolute atomic E-state index is 0. The van der Waals surface area contributed by atoms with Gasteiger partial charge in [-0.25, -0.2) is 0 Å². The first-order valence-corrected chi connectivity index (χ1v) is 5.14. The SMILES string of the molecule is Cc1cc(NC(=O)CN(C)CC(C)N)no1.Cl. The van der Waals surface area contributed by atoms with Gasteiger partial charge >= 0.3 is 0 Å². The van der Waals surface area contributed by atoms with Gasteiger partial charge in [0.25, 0.3) is 0 Å². The highest BCUT2D eigenvalue weighted by Crippen LogP contribution is 2.06. The summed E-state index contributed by atoms with van der Waals surface area (Å²) >= 11 is 0. The zero-order valence-electron chi connectivity index (χ0n) is 10.3. The standard InChI is InChI=1S/C10H18N4O2.ClH/c1-7(11)5-14(3)6-10(15)12-9-4-8(2)16-13-9;/h4,7H,5-6,11H2,1-3H3,(H,12,13,15);1H. The first kappa shape index (κ1) is 15.9. The average molecular weight is 263 g/mol. The predicted molar refractivity (Wildman–Crippen MR) is 68.3 cm³/mol. The van der Waals surface area contributed by atoms with Crippen LogP contribution in [0.2, 0.25) is 0 Å². The maximum Gasteiger partial charge on any atom is 0.239 e. The van der Waals surface area contributed by atoms with E-state index in [-0.39, 0.29) is 30.9 Å². The number of carbonyl (C=O) groups excluding carboxylic acids is 1. The Kier molecular flexibility index (Phi) is 6.79. The van der Waals surface area contributed by atoms with Crippen molar-refractivity contribution in [2.45, 2.75) is 19.9 Å². The lowest BCUT2D eigenvalue weighted by molar-refractivity contribution is -0.117. The Bertz CT molecular complexity index is 354. The van der Waals surface area contributed by atoms with Gasteiger partial charge in [-0.05, 0) is 20.9 Å². The highest BCUT2D eigenvalue weighted by Gasteiger charge is 2.10. The molecule has 3 N–H and O–H groups in total. The number of anilines is 1. The Labute approximate surface area is 107 Å². The fourth-order valence-electron chi connectivity index (χ4n) is 1.41. The van der Waals surface area contributed by atoms with Crippen molar-refractivity contribution >= 4 is 24.1 Å². The van der Waals surface area contributed by atoms with Crippen molar-refractivity contribution in [1.82, 2.24) is 10.1 Å². The molecule has 0 radical (unpaired) electrons. The van der Waals surface area contributed by atoms with Crippen molar-refractivity contribution in [3.63, 3.8) is 0 Å². The second-order valence-electron chi connectivity index (χ2n) is 4.05. The number of carbonyl (C=O) groups is 1. The molecule has 17 heavy (non-hydrogen) atoms. The van der Waals surface area contributed by atoms with Gasteiger partial charge in [-0.1, -0.05) is 5.16 Å². The van der Waals surface area contributed by atoms with Crippen molar-refractivity contribution in [3.05, 3.63) is 11.8 Å². The Balaban J connectivity index is 0.00000256. The predicted octanol–water partition coefficient (Wildman–Crippen LogP) is 0.622. The van der Waals surface area contributed by atoms with Crippen molar-refractivity contribution in [1.29, 1.82) is 0 Å². The molecule has 0 fully saturated rings. The molecule has 98 valence electrons. The van der Waals surface area contributed by atoms with E-state index in [0.717, 1.165) is 0 Å². The van der Waals surface area contributed by atoms with Gasteiger partial charge in [-0.3, -0.25) is 9.69 Å². The van der Waals surface area contributed by atoms with Crippen LogP contribution in [-0.2, 0) is 4.79 Å². The molecule has 1 unspecified atom stereocenters. The number of aromatic nitrogens is 1. The zero-order chi connectivity index (χ0) is 12.1. The van der Waals surface area contributed by atoms with E-state index >= 15 is 0 Å². The van der Waals surface area contributed by atoms with E-state index in [9.17, 15) is 4.79 Å². The topological polar surface area (TPSA) is 84.4 Å². The molecule has 0 aliphatic heterocycles. The van der Waals surface area contributed by atoms with E-state index in [0.29, 0.717) is 18.1 Å². The molecule has 0 spiro atoms. The molecule has 7 heteroatoms. The van der Waals surface area contributed by atoms with E-state index in [4.69, 9.17) is 10.3 Å². The van der Waals surface area contributed by atoms with Gasteiger partial charge < -0.3 is 15.6 Å². The third-order valence-electron chi connectivity index (χ3n) is 1.91. The molecule has 0 aliphatic rings. The number of nitrogens with one attached hydrogen (secondary N) is 1. The number of aryl methyl sites for hydroxylation is 1. The summed E-state index contributed by atoms with van der Waals surface area (Å²) in [6.07, 6.45) is 0. The van der Waals surface area contributed by atoms with E-state index in [1.54, 1.807) is 13.0 Å². The third kappa shape index (κ3) is 6.25. The molecule has 1 heterocycles. The van der Waals surface area contributed by atoms with Crippen molar-refractivity contribution in [3.8, 4) is 0 Å². The number of nitrogens with two attached hydrogens (primary N) is 1. The molecular formula is C10H19ClN4O2. The van der Waals surface area contributed by atoms with Crippen LogP contribution in [0.15, 0.2) is 10.6 Å². The van der Waals surface area contributed by atoms with Crippen LogP contribution in [0.4, 0.5) is 5.82 Å². The number of hydrogen-bond acceptors (Lipinski definition) is 5. The molecule has 0 bridgehead atoms. The van der Waals surface area contributed by atoms with Gasteiger partial charge in [0.05, 0.1) is 6.54 Å². The zero-order valence-corrected chi connectivity index (χ0v) is 11.1. The minimum atomic E-state index is -0.128. The molecule has 0 aromatic carbocycles. The van der Waals surface area contributed by atoms with E-state index in [1.165, 1.54) is 0 Å². The fourth-order valence-corrected chi connectivity index (χ4v) is 1.41. The summed E-state index contributed by atoms with van der Waals surface area (Å²) in [5, 5.41) is 6.31. The van der Waals surface area contributed by atoms with Gasteiger partial charge in [0.2, 0.25) is 5.91 Å². The van der Waals surface area contributed by atoms with Gasteiger partial charge in [0, 0.05) is 18.7 Å². The van der Waals surface area contributed by atoms with Gasteiger partial charge in [0.15, 0.2) is 5.82 Å². The summed E-state index contributed by atoms with van der Waals surface area (Å²) in [6, 6.07) is 1.72. The van der Waals surface area contributed by atoms with E-state index < -0.39 is 0 Å². The molecule has 0 aliphatic carbocycles. The lowest BCUT2D eigenvalue weighted by Crippen LogP contribution is -2.37. The summed E-state index contributed by atoms with van der Waals surface area (Å²) < 4.78 is 4.84. The first-order valence-electron chi connectivity index (χ1n) is 5.14. The van der Waals surface area contributed by atoms with E-state index in [2.05, 4.69) is 10.5 Å². The van der Waals surface area contributed by atoms with Gasteiger partial charge in [-0.15, -0.1) is 12.4 Å². The van der Waals surface area contributed by atoms with Crippen molar-refractivity contribution in [2.24, 2.45) is 5.73 Å². The summed E-state index contributed by atoms with van der Waals surface area (Å²) in [6.45, 7) is 4.62. The monoisotopic (exact) mass is 262 g/mol. The van der Waals surface area contributed by atoms with Crippen LogP contribution in [0.3, 0.4) is 0 Å². The molecule has 1 aromatic heterocycles. The Morgan fingerprint density at radius 2 is 2.35 bits per heavy atom. The lowest BCUT2D eigenvalue weighted by atomic mass is 10.3. The highest BCUT2D eigenvalue weighted by atomic mass is 35.5. The Morgan fingerprint density at radius 1 is 1.71 bits per heavy atom. The molecule has 1 atom stereocenters. The highest BCUT2D eigenvalue weighted by molar-refractivity contribution is 5.91. The minimum Gasteiger partial charge on any atom is -0.360 e. The normalized spacial score (nSPS) is 12.1. The van der Waals surface area contributed by atoms with Crippen molar-refractivity contribution in [2.75, 3.05) is 25.5 Å². The van der Waals surface area contributed by atoms with Crippen LogP contribution in [-0.4, -0.2) is 42.1 Å². The van der Waals surface area contributed by atoms with Gasteiger partial charge in [-0.2, -0.15) is 0 Å². The number of rotatable bonds is 5. The Morgan fingerprint density at radius 3 is 2.82 bits per heavy atom. The molecule has 0 saturated heterocycles. The molecular weight excluding hydrogens is 244 g/mol. The third-order valence-corrected chi connectivity index (χ3v) is 1.91. The molecule has 0 saturated carbocycles. The Hall–Kier alpha value is -1.11. The van der Waals surface area contributed by atoms with Gasteiger partial charge in [0.1, 0.15) is 5.76 Å². The van der Waals surface area contributed by atoms with Crippen LogP contribution in [0.1, 0.15) is 12.7 Å². The van der Waals surface area contributed by atoms with Crippen LogP contribution >= 0.6 is 12.4 Å². The summed E-state index contributed by atoms with van der Waals surface area (Å²) in [5.74, 6) is 0.979. The average Bonchev–Trinajstić information content (AvgIpc) is 2.48. The molecule has 1 amide bonds. The lowest BCUT2D eigenvalue weighted by Gasteiger charge is -2.17. The number of hydrogen-bond donors (Lipinski definition) is 2. The molecule has 1 rings (SSSR count). The maximum absolute atomic E-state index is 11.5. The van der Waals surface area contributed by atoms with E-state index in [1.807, 2.05) is 18.9 Å². The van der Waals surface area contributed by atoms with Crippen LogP contribution < -0.4 is 11.1 Å². The van der Waals surface area contributed by atoms with Crippen LogP contribution in [0, 0.1) is 6.92 Å². The molecule has 1 aromatic rings. The summed E-state index contributed by atoms with van der Waals surface area (Å²) in [4.78, 5) is 13.4. The smallest absolute Gasteiger partial charge is 0.239 e.